The lowest BCUT2D eigenvalue weighted by Crippen LogP contribution is -2.39. The summed E-state index contributed by atoms with van der Waals surface area (Å²) in [7, 11) is 1.62. The Labute approximate surface area is 144 Å². The zero-order valence-electron chi connectivity index (χ0n) is 14.7. The summed E-state index contributed by atoms with van der Waals surface area (Å²) in [6, 6.07) is 7.95. The van der Waals surface area contributed by atoms with E-state index in [1.807, 2.05) is 24.3 Å². The minimum Gasteiger partial charge on any atom is -0.496 e. The van der Waals surface area contributed by atoms with E-state index >= 15 is 0 Å². The fourth-order valence-corrected chi connectivity index (χ4v) is 3.17. The molecule has 2 rings (SSSR count). The smallest absolute Gasteiger partial charge is 0.221 e. The Morgan fingerprint density at radius 3 is 2.58 bits per heavy atom. The van der Waals surface area contributed by atoms with Crippen LogP contribution in [-0.4, -0.2) is 36.4 Å². The van der Waals surface area contributed by atoms with Crippen molar-refractivity contribution in [2.24, 2.45) is 0 Å². The molecule has 1 aliphatic carbocycles. The highest BCUT2D eigenvalue weighted by Crippen LogP contribution is 2.20. The number of hydrogen-bond donors (Lipinski definition) is 1. The number of carbonyl (C=O) groups excluding carboxylic acids is 2. The Bertz CT molecular complexity index is 553. The summed E-state index contributed by atoms with van der Waals surface area (Å²) >= 11 is 0. The zero-order valence-corrected chi connectivity index (χ0v) is 14.7. The molecular weight excluding hydrogens is 304 g/mol. The molecule has 24 heavy (non-hydrogen) atoms. The van der Waals surface area contributed by atoms with Crippen LogP contribution in [0.4, 0.5) is 0 Å². The van der Waals surface area contributed by atoms with Crippen LogP contribution in [0.25, 0.3) is 0 Å². The van der Waals surface area contributed by atoms with Gasteiger partial charge in [-0.1, -0.05) is 37.5 Å². The summed E-state index contributed by atoms with van der Waals surface area (Å²) < 4.78 is 5.33. The number of nitrogens with zero attached hydrogens (tertiary/aromatic N) is 1. The fraction of sp³-hybridized carbons (Fsp3) is 0.579. The third-order valence-electron chi connectivity index (χ3n) is 4.58. The standard InChI is InChI=1S/C19H28N2O3/c1-15(22)21(14-16-8-6-7-11-18(16)24-2)13-12-19(23)20-17-9-4-3-5-10-17/h6-8,11,17H,3-5,9-10,12-14H2,1-2H3,(H,20,23). The number of rotatable bonds is 7. The monoisotopic (exact) mass is 332 g/mol. The molecule has 1 aromatic carbocycles. The van der Waals surface area contributed by atoms with Crippen LogP contribution in [0.15, 0.2) is 24.3 Å². The molecule has 1 N–H and O–H groups in total. The molecular formula is C19H28N2O3. The number of benzene rings is 1. The number of hydrogen-bond acceptors (Lipinski definition) is 3. The van der Waals surface area contributed by atoms with Crippen LogP contribution >= 0.6 is 0 Å². The van der Waals surface area contributed by atoms with Gasteiger partial charge in [0.05, 0.1) is 7.11 Å². The fourth-order valence-electron chi connectivity index (χ4n) is 3.17. The van der Waals surface area contributed by atoms with Gasteiger partial charge in [-0.3, -0.25) is 9.59 Å². The summed E-state index contributed by atoms with van der Waals surface area (Å²) in [6.45, 7) is 2.41. The molecule has 1 saturated carbocycles. The van der Waals surface area contributed by atoms with Crippen molar-refractivity contribution in [1.29, 1.82) is 0 Å². The maximum Gasteiger partial charge on any atom is 0.221 e. The first-order valence-corrected chi connectivity index (χ1v) is 8.77. The molecule has 132 valence electrons. The van der Waals surface area contributed by atoms with Gasteiger partial charge in [0.25, 0.3) is 0 Å². The number of nitrogens with one attached hydrogen (secondary N) is 1. The summed E-state index contributed by atoms with van der Waals surface area (Å²) in [5.41, 5.74) is 0.947. The summed E-state index contributed by atoms with van der Waals surface area (Å²) in [5, 5.41) is 3.10. The molecule has 0 atom stereocenters. The number of methoxy groups -OCH3 is 1. The van der Waals surface area contributed by atoms with Gasteiger partial charge >= 0.3 is 0 Å². The second-order valence-corrected chi connectivity index (χ2v) is 6.40. The predicted octanol–water partition coefficient (Wildman–Crippen LogP) is 2.88. The third kappa shape index (κ3) is 5.55. The molecule has 1 aromatic rings. The normalized spacial score (nSPS) is 14.9. The highest BCUT2D eigenvalue weighted by Gasteiger charge is 2.17. The van der Waals surface area contributed by atoms with Gasteiger partial charge in [-0.25, -0.2) is 0 Å². The van der Waals surface area contributed by atoms with E-state index in [9.17, 15) is 9.59 Å². The molecule has 0 unspecified atom stereocenters. The Morgan fingerprint density at radius 1 is 1.21 bits per heavy atom. The van der Waals surface area contributed by atoms with Crippen molar-refractivity contribution in [3.63, 3.8) is 0 Å². The van der Waals surface area contributed by atoms with Crippen molar-refractivity contribution in [1.82, 2.24) is 10.2 Å². The van der Waals surface area contributed by atoms with E-state index in [-0.39, 0.29) is 11.8 Å². The van der Waals surface area contributed by atoms with E-state index in [1.165, 1.54) is 26.2 Å². The second kappa shape index (κ2) is 9.30. The Morgan fingerprint density at radius 2 is 1.92 bits per heavy atom. The first kappa shape index (κ1) is 18.3. The van der Waals surface area contributed by atoms with E-state index < -0.39 is 0 Å². The number of carbonyl (C=O) groups is 2. The molecule has 1 aliphatic rings. The molecule has 0 spiro atoms. The Balaban J connectivity index is 1.86. The Kier molecular flexibility index (Phi) is 7.09. The lowest BCUT2D eigenvalue weighted by atomic mass is 9.95. The molecule has 2 amide bonds. The molecule has 0 aromatic heterocycles. The minimum absolute atomic E-state index is 0.0353. The van der Waals surface area contributed by atoms with E-state index in [2.05, 4.69) is 5.32 Å². The predicted molar refractivity (Wildman–Crippen MR) is 93.7 cm³/mol. The lowest BCUT2D eigenvalue weighted by molar-refractivity contribution is -0.130. The number of ether oxygens (including phenoxy) is 1. The summed E-state index contributed by atoms with van der Waals surface area (Å²) in [6.07, 6.45) is 6.14. The van der Waals surface area contributed by atoms with E-state index in [1.54, 1.807) is 12.0 Å². The third-order valence-corrected chi connectivity index (χ3v) is 4.58. The molecule has 5 nitrogen and oxygen atoms in total. The largest absolute Gasteiger partial charge is 0.496 e. The molecule has 0 saturated heterocycles. The quantitative estimate of drug-likeness (QED) is 0.835. The highest BCUT2D eigenvalue weighted by molar-refractivity contribution is 5.78. The van der Waals surface area contributed by atoms with Crippen LogP contribution in [0.5, 0.6) is 5.75 Å². The zero-order chi connectivity index (χ0) is 17.4. The summed E-state index contributed by atoms with van der Waals surface area (Å²) in [5.74, 6) is 0.759. The van der Waals surface area contributed by atoms with Gasteiger partial charge in [0.15, 0.2) is 0 Å². The van der Waals surface area contributed by atoms with E-state index in [0.29, 0.717) is 25.6 Å². The molecule has 1 fully saturated rings. The number of amides is 2. The maximum atomic E-state index is 12.1. The van der Waals surface area contributed by atoms with Crippen LogP contribution in [0, 0.1) is 0 Å². The maximum absolute atomic E-state index is 12.1. The molecule has 0 aliphatic heterocycles. The molecule has 0 heterocycles. The average Bonchev–Trinajstić information content (AvgIpc) is 2.59. The van der Waals surface area contributed by atoms with Crippen LogP contribution in [0.2, 0.25) is 0 Å². The van der Waals surface area contributed by atoms with Crippen molar-refractivity contribution in [3.05, 3.63) is 29.8 Å². The van der Waals surface area contributed by atoms with Gasteiger partial charge in [0, 0.05) is 38.0 Å². The molecule has 0 bridgehead atoms. The van der Waals surface area contributed by atoms with Gasteiger partial charge < -0.3 is 15.0 Å². The second-order valence-electron chi connectivity index (χ2n) is 6.40. The topological polar surface area (TPSA) is 58.6 Å². The van der Waals surface area contributed by atoms with Crippen molar-refractivity contribution in [2.75, 3.05) is 13.7 Å². The van der Waals surface area contributed by atoms with Gasteiger partial charge in [0.2, 0.25) is 11.8 Å². The first-order valence-electron chi connectivity index (χ1n) is 8.77. The van der Waals surface area contributed by atoms with Crippen LogP contribution in [0.1, 0.15) is 51.0 Å². The minimum atomic E-state index is -0.0358. The van der Waals surface area contributed by atoms with Gasteiger partial charge in [-0.15, -0.1) is 0 Å². The van der Waals surface area contributed by atoms with Crippen molar-refractivity contribution in [2.45, 2.75) is 58.0 Å². The average molecular weight is 332 g/mol. The van der Waals surface area contributed by atoms with Crippen molar-refractivity contribution < 1.29 is 14.3 Å². The molecule has 0 radical (unpaired) electrons. The van der Waals surface area contributed by atoms with Crippen LogP contribution in [-0.2, 0) is 16.1 Å². The van der Waals surface area contributed by atoms with E-state index in [0.717, 1.165) is 24.2 Å². The van der Waals surface area contributed by atoms with Crippen molar-refractivity contribution >= 4 is 11.8 Å². The lowest BCUT2D eigenvalue weighted by Gasteiger charge is -2.25. The van der Waals surface area contributed by atoms with Gasteiger partial charge in [-0.05, 0) is 18.9 Å². The molecule has 5 heteroatoms. The highest BCUT2D eigenvalue weighted by atomic mass is 16.5. The summed E-state index contributed by atoms with van der Waals surface area (Å²) in [4.78, 5) is 25.7. The first-order chi connectivity index (χ1) is 11.6. The van der Waals surface area contributed by atoms with E-state index in [4.69, 9.17) is 4.74 Å². The Hall–Kier alpha value is -2.04. The van der Waals surface area contributed by atoms with Crippen molar-refractivity contribution in [3.8, 4) is 5.75 Å². The van der Waals surface area contributed by atoms with Crippen LogP contribution < -0.4 is 10.1 Å². The number of para-hydroxylation sites is 1. The van der Waals surface area contributed by atoms with Crippen LogP contribution in [0.3, 0.4) is 0 Å². The SMILES string of the molecule is COc1ccccc1CN(CCC(=O)NC1CCCCC1)C(C)=O. The van der Waals surface area contributed by atoms with Gasteiger partial charge in [0.1, 0.15) is 5.75 Å². The van der Waals surface area contributed by atoms with Gasteiger partial charge in [-0.2, -0.15) is 0 Å².